The van der Waals surface area contributed by atoms with E-state index in [9.17, 15) is 4.79 Å². The number of ether oxygens (including phenoxy) is 2. The Morgan fingerprint density at radius 1 is 1.30 bits per heavy atom. The minimum Gasteiger partial charge on any atom is -0.462 e. The van der Waals surface area contributed by atoms with Crippen LogP contribution in [0.3, 0.4) is 0 Å². The highest BCUT2D eigenvalue weighted by Gasteiger charge is 2.16. The number of carbonyl (C=O) groups is 1. The zero-order valence-electron chi connectivity index (χ0n) is 11.4. The molecule has 0 atom stereocenters. The molecule has 0 fully saturated rings. The average molecular weight is 272 g/mol. The van der Waals surface area contributed by atoms with Gasteiger partial charge in [0.2, 0.25) is 5.88 Å². The standard InChI is InChI=1S/C15H16N2O3/c1-3-19-15(18)11-7-5-9-17-14(11)20-12-8-4-6-10(2)13(12)16/h4-9H,3,16H2,1-2H3. The number of nitrogen functional groups attached to an aromatic ring is 1. The molecule has 0 aliphatic carbocycles. The van der Waals surface area contributed by atoms with Crippen LogP contribution < -0.4 is 10.5 Å². The van der Waals surface area contributed by atoms with Crippen LogP contribution in [0.2, 0.25) is 0 Å². The number of carbonyl (C=O) groups excluding carboxylic acids is 1. The van der Waals surface area contributed by atoms with E-state index in [1.165, 1.54) is 0 Å². The van der Waals surface area contributed by atoms with E-state index in [0.29, 0.717) is 18.0 Å². The molecule has 2 aromatic rings. The predicted molar refractivity (Wildman–Crippen MR) is 75.9 cm³/mol. The van der Waals surface area contributed by atoms with Gasteiger partial charge in [0.05, 0.1) is 12.3 Å². The van der Waals surface area contributed by atoms with Gasteiger partial charge >= 0.3 is 5.97 Å². The number of para-hydroxylation sites is 1. The molecule has 0 saturated carbocycles. The molecule has 2 N–H and O–H groups in total. The molecule has 20 heavy (non-hydrogen) atoms. The fourth-order valence-electron chi connectivity index (χ4n) is 1.68. The van der Waals surface area contributed by atoms with Gasteiger partial charge in [-0.15, -0.1) is 0 Å². The van der Waals surface area contributed by atoms with Crippen molar-refractivity contribution in [3.05, 3.63) is 47.7 Å². The monoisotopic (exact) mass is 272 g/mol. The molecule has 5 nitrogen and oxygen atoms in total. The molecular weight excluding hydrogens is 256 g/mol. The first-order chi connectivity index (χ1) is 9.63. The van der Waals surface area contributed by atoms with Gasteiger partial charge in [0.25, 0.3) is 0 Å². The van der Waals surface area contributed by atoms with Crippen LogP contribution >= 0.6 is 0 Å². The largest absolute Gasteiger partial charge is 0.462 e. The normalized spacial score (nSPS) is 10.1. The molecule has 0 spiro atoms. The van der Waals surface area contributed by atoms with Gasteiger partial charge in [-0.1, -0.05) is 12.1 Å². The molecule has 0 bridgehead atoms. The minimum absolute atomic E-state index is 0.184. The molecule has 1 aromatic heterocycles. The Morgan fingerprint density at radius 2 is 2.10 bits per heavy atom. The highest BCUT2D eigenvalue weighted by molar-refractivity contribution is 5.91. The highest BCUT2D eigenvalue weighted by Crippen LogP contribution is 2.30. The summed E-state index contributed by atoms with van der Waals surface area (Å²) in [6.07, 6.45) is 1.55. The third-order valence-corrected chi connectivity index (χ3v) is 2.76. The van der Waals surface area contributed by atoms with E-state index in [1.807, 2.05) is 19.1 Å². The maximum atomic E-state index is 11.8. The lowest BCUT2D eigenvalue weighted by Gasteiger charge is -2.11. The number of aryl methyl sites for hydroxylation is 1. The van der Waals surface area contributed by atoms with Crippen LogP contribution in [-0.4, -0.2) is 17.6 Å². The lowest BCUT2D eigenvalue weighted by Crippen LogP contribution is -2.07. The zero-order valence-corrected chi connectivity index (χ0v) is 11.4. The van der Waals surface area contributed by atoms with Crippen LogP contribution in [0.4, 0.5) is 5.69 Å². The van der Waals surface area contributed by atoms with Crippen molar-refractivity contribution in [2.45, 2.75) is 13.8 Å². The van der Waals surface area contributed by atoms with E-state index in [1.54, 1.807) is 31.3 Å². The van der Waals surface area contributed by atoms with E-state index >= 15 is 0 Å². The summed E-state index contributed by atoms with van der Waals surface area (Å²) in [5.74, 6) is 0.180. The molecule has 1 aromatic carbocycles. The average Bonchev–Trinajstić information content (AvgIpc) is 2.45. The summed E-state index contributed by atoms with van der Waals surface area (Å²) < 4.78 is 10.6. The van der Waals surface area contributed by atoms with Gasteiger partial charge in [0.15, 0.2) is 5.75 Å². The van der Waals surface area contributed by atoms with Crippen LogP contribution in [0.5, 0.6) is 11.6 Å². The van der Waals surface area contributed by atoms with Gasteiger partial charge in [0.1, 0.15) is 5.56 Å². The van der Waals surface area contributed by atoms with Crippen molar-refractivity contribution in [1.29, 1.82) is 0 Å². The predicted octanol–water partition coefficient (Wildman–Crippen LogP) is 2.94. The number of nitrogens with two attached hydrogens (primary N) is 1. The summed E-state index contributed by atoms with van der Waals surface area (Å²) in [6, 6.07) is 8.69. The molecule has 0 amide bonds. The summed E-state index contributed by atoms with van der Waals surface area (Å²) in [5.41, 5.74) is 7.64. The summed E-state index contributed by atoms with van der Waals surface area (Å²) in [5, 5.41) is 0. The second-order valence-corrected chi connectivity index (χ2v) is 4.17. The Hall–Kier alpha value is -2.56. The highest BCUT2D eigenvalue weighted by atomic mass is 16.5. The lowest BCUT2D eigenvalue weighted by molar-refractivity contribution is 0.0522. The van der Waals surface area contributed by atoms with Crippen LogP contribution in [0, 0.1) is 6.92 Å². The summed E-state index contributed by atoms with van der Waals surface area (Å²) >= 11 is 0. The van der Waals surface area contributed by atoms with Crippen molar-refractivity contribution in [3.8, 4) is 11.6 Å². The molecule has 0 aliphatic rings. The second kappa shape index (κ2) is 6.06. The number of nitrogens with zero attached hydrogens (tertiary/aromatic N) is 1. The number of hydrogen-bond donors (Lipinski definition) is 1. The van der Waals surface area contributed by atoms with E-state index in [0.717, 1.165) is 5.56 Å². The van der Waals surface area contributed by atoms with Crippen LogP contribution in [-0.2, 0) is 4.74 Å². The van der Waals surface area contributed by atoms with Crippen molar-refractivity contribution >= 4 is 11.7 Å². The number of esters is 1. The third-order valence-electron chi connectivity index (χ3n) is 2.76. The smallest absolute Gasteiger partial charge is 0.343 e. The first-order valence-corrected chi connectivity index (χ1v) is 6.28. The second-order valence-electron chi connectivity index (χ2n) is 4.17. The number of benzene rings is 1. The number of aromatic nitrogens is 1. The van der Waals surface area contributed by atoms with Gasteiger partial charge in [-0.3, -0.25) is 0 Å². The molecule has 0 radical (unpaired) electrons. The van der Waals surface area contributed by atoms with Crippen LogP contribution in [0.15, 0.2) is 36.5 Å². The molecule has 5 heteroatoms. The fraction of sp³-hybridized carbons (Fsp3) is 0.200. The van der Waals surface area contributed by atoms with Crippen molar-refractivity contribution in [3.63, 3.8) is 0 Å². The summed E-state index contributed by atoms with van der Waals surface area (Å²) in [6.45, 7) is 3.92. The van der Waals surface area contributed by atoms with Crippen LogP contribution in [0.25, 0.3) is 0 Å². The zero-order chi connectivity index (χ0) is 14.5. The van der Waals surface area contributed by atoms with E-state index < -0.39 is 5.97 Å². The maximum absolute atomic E-state index is 11.8. The summed E-state index contributed by atoms with van der Waals surface area (Å²) in [7, 11) is 0. The number of rotatable bonds is 4. The summed E-state index contributed by atoms with van der Waals surface area (Å²) in [4.78, 5) is 15.9. The van der Waals surface area contributed by atoms with Gasteiger partial charge in [-0.2, -0.15) is 0 Å². The van der Waals surface area contributed by atoms with Crippen molar-refractivity contribution < 1.29 is 14.3 Å². The van der Waals surface area contributed by atoms with Crippen molar-refractivity contribution in [1.82, 2.24) is 4.98 Å². The molecule has 0 saturated heterocycles. The van der Waals surface area contributed by atoms with Gasteiger partial charge < -0.3 is 15.2 Å². The molecule has 104 valence electrons. The van der Waals surface area contributed by atoms with Gasteiger partial charge in [-0.25, -0.2) is 9.78 Å². The quantitative estimate of drug-likeness (QED) is 0.684. The van der Waals surface area contributed by atoms with E-state index in [4.69, 9.17) is 15.2 Å². The molecule has 0 unspecified atom stereocenters. The maximum Gasteiger partial charge on any atom is 0.343 e. The van der Waals surface area contributed by atoms with E-state index in [2.05, 4.69) is 4.98 Å². The number of pyridine rings is 1. The Balaban J connectivity index is 2.34. The van der Waals surface area contributed by atoms with Gasteiger partial charge in [-0.05, 0) is 37.6 Å². The Labute approximate surface area is 117 Å². The fourth-order valence-corrected chi connectivity index (χ4v) is 1.68. The number of hydrogen-bond acceptors (Lipinski definition) is 5. The van der Waals surface area contributed by atoms with Crippen LogP contribution in [0.1, 0.15) is 22.8 Å². The molecule has 2 rings (SSSR count). The first kappa shape index (κ1) is 13.9. The van der Waals surface area contributed by atoms with Gasteiger partial charge in [0, 0.05) is 6.20 Å². The Morgan fingerprint density at radius 3 is 2.85 bits per heavy atom. The third kappa shape index (κ3) is 2.88. The number of anilines is 1. The molecule has 1 heterocycles. The first-order valence-electron chi connectivity index (χ1n) is 6.28. The SMILES string of the molecule is CCOC(=O)c1cccnc1Oc1cccc(C)c1N. The Kier molecular flexibility index (Phi) is 4.20. The lowest BCUT2D eigenvalue weighted by atomic mass is 10.2. The Bertz CT molecular complexity index is 626. The topological polar surface area (TPSA) is 74.4 Å². The van der Waals surface area contributed by atoms with Crippen molar-refractivity contribution in [2.75, 3.05) is 12.3 Å². The molecular formula is C15H16N2O3. The molecule has 0 aliphatic heterocycles. The minimum atomic E-state index is -0.471. The van der Waals surface area contributed by atoms with Crippen molar-refractivity contribution in [2.24, 2.45) is 0 Å². The van der Waals surface area contributed by atoms with E-state index in [-0.39, 0.29) is 11.4 Å².